The number of hydrogen-bond acceptors (Lipinski definition) is 5. The van der Waals surface area contributed by atoms with E-state index in [-0.39, 0.29) is 13.3 Å². The Morgan fingerprint density at radius 2 is 2.14 bits per heavy atom. The molecule has 0 bridgehead atoms. The van der Waals surface area contributed by atoms with Crippen LogP contribution in [-0.4, -0.2) is 35.7 Å². The normalized spacial score (nSPS) is 23.1. The van der Waals surface area contributed by atoms with E-state index in [1.807, 2.05) is 12.1 Å². The van der Waals surface area contributed by atoms with Crippen LogP contribution in [0.4, 0.5) is 4.79 Å². The monoisotopic (exact) mass is 287 g/mol. The molecule has 1 fully saturated rings. The summed E-state index contributed by atoms with van der Waals surface area (Å²) in [6.07, 6.45) is 0.316. The molecule has 2 aliphatic heterocycles. The van der Waals surface area contributed by atoms with Crippen LogP contribution in [0.3, 0.4) is 0 Å². The Labute approximate surface area is 121 Å². The molecule has 0 unspecified atom stereocenters. The van der Waals surface area contributed by atoms with E-state index in [2.05, 4.69) is 5.32 Å². The number of benzene rings is 1. The number of ether oxygens (including phenoxy) is 2. The zero-order valence-electron chi connectivity index (χ0n) is 11.4. The second kappa shape index (κ2) is 4.66. The summed E-state index contributed by atoms with van der Waals surface area (Å²) in [4.78, 5) is 25.0. The van der Waals surface area contributed by atoms with E-state index in [1.165, 1.54) is 0 Å². The summed E-state index contributed by atoms with van der Waals surface area (Å²) < 4.78 is 10.5. The van der Waals surface area contributed by atoms with Crippen molar-refractivity contribution in [3.63, 3.8) is 0 Å². The van der Waals surface area contributed by atoms with Crippen molar-refractivity contribution in [1.82, 2.24) is 10.2 Å². The molecule has 1 N–H and O–H groups in total. The van der Waals surface area contributed by atoms with Crippen molar-refractivity contribution in [2.75, 3.05) is 13.3 Å². The molecule has 0 saturated carbocycles. The molecule has 21 heavy (non-hydrogen) atoms. The summed E-state index contributed by atoms with van der Waals surface area (Å²) in [7, 11) is 0. The summed E-state index contributed by atoms with van der Waals surface area (Å²) in [5.41, 5.74) is -0.212. The van der Waals surface area contributed by atoms with Crippen molar-refractivity contribution in [1.29, 1.82) is 5.26 Å². The fourth-order valence-corrected chi connectivity index (χ4v) is 2.54. The van der Waals surface area contributed by atoms with E-state index in [9.17, 15) is 9.59 Å². The SMILES string of the molecule is C[C@]1(Cc2ccc3c(c2)OCO3)NC(=O)N(CC#N)C1=O. The molecule has 3 amide bonds. The lowest BCUT2D eigenvalue weighted by Crippen LogP contribution is -2.46. The summed E-state index contributed by atoms with van der Waals surface area (Å²) in [6, 6.07) is 6.67. The van der Waals surface area contributed by atoms with Crippen LogP contribution >= 0.6 is 0 Å². The first kappa shape index (κ1) is 13.2. The number of carbonyl (C=O) groups excluding carboxylic acids is 2. The molecule has 0 aliphatic carbocycles. The number of amides is 3. The Morgan fingerprint density at radius 1 is 1.38 bits per heavy atom. The minimum absolute atomic E-state index is 0.182. The van der Waals surface area contributed by atoms with E-state index in [0.29, 0.717) is 17.9 Å². The van der Waals surface area contributed by atoms with Crippen LogP contribution < -0.4 is 14.8 Å². The molecule has 2 aliphatic rings. The van der Waals surface area contributed by atoms with Crippen molar-refractivity contribution in [3.05, 3.63) is 23.8 Å². The van der Waals surface area contributed by atoms with E-state index >= 15 is 0 Å². The first-order valence-electron chi connectivity index (χ1n) is 6.43. The van der Waals surface area contributed by atoms with Gasteiger partial charge in [0.2, 0.25) is 6.79 Å². The molecule has 1 atom stereocenters. The van der Waals surface area contributed by atoms with E-state index < -0.39 is 17.5 Å². The van der Waals surface area contributed by atoms with Gasteiger partial charge in [-0.15, -0.1) is 0 Å². The maximum absolute atomic E-state index is 12.3. The van der Waals surface area contributed by atoms with Crippen LogP contribution in [0, 0.1) is 11.3 Å². The van der Waals surface area contributed by atoms with Crippen LogP contribution in [0.15, 0.2) is 18.2 Å². The quantitative estimate of drug-likeness (QED) is 0.655. The van der Waals surface area contributed by atoms with Gasteiger partial charge in [-0.05, 0) is 24.6 Å². The van der Waals surface area contributed by atoms with Crippen molar-refractivity contribution in [3.8, 4) is 17.6 Å². The lowest BCUT2D eigenvalue weighted by atomic mass is 9.92. The van der Waals surface area contributed by atoms with Gasteiger partial charge in [0.15, 0.2) is 11.5 Å². The Bertz CT molecular complexity index is 667. The number of nitrogens with zero attached hydrogens (tertiary/aromatic N) is 2. The van der Waals surface area contributed by atoms with Gasteiger partial charge in [-0.2, -0.15) is 5.26 Å². The maximum Gasteiger partial charge on any atom is 0.325 e. The summed E-state index contributed by atoms with van der Waals surface area (Å²) >= 11 is 0. The number of urea groups is 1. The Balaban J connectivity index is 1.83. The largest absolute Gasteiger partial charge is 0.454 e. The molecular weight excluding hydrogens is 274 g/mol. The average Bonchev–Trinajstić information content (AvgIpc) is 2.97. The summed E-state index contributed by atoms with van der Waals surface area (Å²) in [6.45, 7) is 1.58. The zero-order valence-corrected chi connectivity index (χ0v) is 11.4. The van der Waals surface area contributed by atoms with Crippen LogP contribution in [0.2, 0.25) is 0 Å². The highest BCUT2D eigenvalue weighted by molar-refractivity contribution is 6.07. The zero-order chi connectivity index (χ0) is 15.0. The first-order chi connectivity index (χ1) is 10.0. The molecule has 0 spiro atoms. The van der Waals surface area contributed by atoms with Crippen LogP contribution in [0.5, 0.6) is 11.5 Å². The molecule has 7 nitrogen and oxygen atoms in total. The maximum atomic E-state index is 12.3. The number of imide groups is 1. The predicted molar refractivity (Wildman–Crippen MR) is 70.5 cm³/mol. The standard InChI is InChI=1S/C14H13N3O4/c1-14(12(18)17(5-4-15)13(19)16-14)7-9-2-3-10-11(6-9)21-8-20-10/h2-3,6H,5,7-8H2,1H3,(H,16,19)/t14-/m1/s1. The van der Waals surface area contributed by atoms with Gasteiger partial charge in [0.1, 0.15) is 12.1 Å². The van der Waals surface area contributed by atoms with Gasteiger partial charge in [-0.1, -0.05) is 6.07 Å². The highest BCUT2D eigenvalue weighted by Gasteiger charge is 2.47. The first-order valence-corrected chi connectivity index (χ1v) is 6.43. The van der Waals surface area contributed by atoms with Crippen molar-refractivity contribution in [2.24, 2.45) is 0 Å². The van der Waals surface area contributed by atoms with E-state index in [1.54, 1.807) is 19.1 Å². The number of nitrogens with one attached hydrogen (secondary N) is 1. The fourth-order valence-electron chi connectivity index (χ4n) is 2.54. The molecule has 0 radical (unpaired) electrons. The van der Waals surface area contributed by atoms with Crippen molar-refractivity contribution >= 4 is 11.9 Å². The van der Waals surface area contributed by atoms with E-state index in [0.717, 1.165) is 10.5 Å². The topological polar surface area (TPSA) is 91.7 Å². The highest BCUT2D eigenvalue weighted by atomic mass is 16.7. The Hall–Kier alpha value is -2.75. The Kier molecular flexibility index (Phi) is 2.94. The fraction of sp³-hybridized carbons (Fsp3) is 0.357. The number of rotatable bonds is 3. The summed E-state index contributed by atoms with van der Waals surface area (Å²) in [5, 5.41) is 11.3. The Morgan fingerprint density at radius 3 is 2.90 bits per heavy atom. The van der Waals surface area contributed by atoms with Gasteiger partial charge in [0, 0.05) is 6.42 Å². The van der Waals surface area contributed by atoms with Gasteiger partial charge in [0.25, 0.3) is 5.91 Å². The third-order valence-corrected chi connectivity index (χ3v) is 3.57. The van der Waals surface area contributed by atoms with Crippen LogP contribution in [0.1, 0.15) is 12.5 Å². The molecule has 0 aromatic heterocycles. The third-order valence-electron chi connectivity index (χ3n) is 3.57. The second-order valence-electron chi connectivity index (χ2n) is 5.18. The van der Waals surface area contributed by atoms with Crippen molar-refractivity contribution < 1.29 is 19.1 Å². The predicted octanol–water partition coefficient (Wildman–Crippen LogP) is 0.792. The number of hydrogen-bond donors (Lipinski definition) is 1. The molecule has 1 aromatic carbocycles. The molecule has 7 heteroatoms. The second-order valence-corrected chi connectivity index (χ2v) is 5.18. The molecule has 2 heterocycles. The number of carbonyl (C=O) groups is 2. The lowest BCUT2D eigenvalue weighted by molar-refractivity contribution is -0.130. The van der Waals surface area contributed by atoms with Crippen molar-refractivity contribution in [2.45, 2.75) is 18.9 Å². The van der Waals surface area contributed by atoms with Crippen LogP contribution in [-0.2, 0) is 11.2 Å². The lowest BCUT2D eigenvalue weighted by Gasteiger charge is -2.21. The average molecular weight is 287 g/mol. The number of fused-ring (bicyclic) bond motifs is 1. The molecule has 3 rings (SSSR count). The smallest absolute Gasteiger partial charge is 0.325 e. The molecule has 1 saturated heterocycles. The van der Waals surface area contributed by atoms with Gasteiger partial charge in [-0.25, -0.2) is 9.69 Å². The molecule has 108 valence electrons. The highest BCUT2D eigenvalue weighted by Crippen LogP contribution is 2.34. The van der Waals surface area contributed by atoms with E-state index in [4.69, 9.17) is 14.7 Å². The van der Waals surface area contributed by atoms with Gasteiger partial charge >= 0.3 is 6.03 Å². The van der Waals surface area contributed by atoms with Gasteiger partial charge < -0.3 is 14.8 Å². The minimum Gasteiger partial charge on any atom is -0.454 e. The number of nitriles is 1. The molecule has 1 aromatic rings. The third kappa shape index (κ3) is 2.14. The van der Waals surface area contributed by atoms with Crippen LogP contribution in [0.25, 0.3) is 0 Å². The molecular formula is C14H13N3O4. The van der Waals surface area contributed by atoms with Gasteiger partial charge in [-0.3, -0.25) is 4.79 Å². The minimum atomic E-state index is -1.05. The summed E-state index contributed by atoms with van der Waals surface area (Å²) in [5.74, 6) is 0.894. The van der Waals surface area contributed by atoms with Gasteiger partial charge in [0.05, 0.1) is 6.07 Å².